The molecule has 5 rings (SSSR count). The first-order valence-electron chi connectivity index (χ1n) is 8.79. The molecule has 0 unspecified atom stereocenters. The Labute approximate surface area is 155 Å². The van der Waals surface area contributed by atoms with Gasteiger partial charge >= 0.3 is 0 Å². The second-order valence-corrected chi connectivity index (χ2v) is 6.59. The number of nitrogens with two attached hydrogens (primary N) is 1. The van der Waals surface area contributed by atoms with Gasteiger partial charge in [0, 0.05) is 50.0 Å². The molecule has 0 aromatic carbocycles. The molecule has 1 saturated heterocycles. The highest BCUT2D eigenvalue weighted by Crippen LogP contribution is 2.23. The lowest BCUT2D eigenvalue weighted by Crippen LogP contribution is -2.43. The molecule has 0 radical (unpaired) electrons. The smallest absolute Gasteiger partial charge is 0.169 e. The Hall–Kier alpha value is -3.46. The minimum atomic E-state index is 0.373. The van der Waals surface area contributed by atoms with Crippen LogP contribution in [0.5, 0.6) is 0 Å². The lowest BCUT2D eigenvalue weighted by Gasteiger charge is -2.27. The summed E-state index contributed by atoms with van der Waals surface area (Å²) in [7, 11) is 0. The molecule has 0 amide bonds. The van der Waals surface area contributed by atoms with Crippen LogP contribution in [0.25, 0.3) is 16.9 Å². The molecule has 1 aliphatic heterocycles. The molecule has 1 aliphatic rings. The van der Waals surface area contributed by atoms with Crippen molar-refractivity contribution in [2.75, 3.05) is 24.1 Å². The van der Waals surface area contributed by atoms with Gasteiger partial charge in [-0.3, -0.25) is 4.68 Å². The molecule has 9 heteroatoms. The van der Waals surface area contributed by atoms with E-state index in [1.54, 1.807) is 12.4 Å². The van der Waals surface area contributed by atoms with Gasteiger partial charge in [0.05, 0.1) is 24.1 Å². The Kier molecular flexibility index (Phi) is 3.72. The molecule has 27 heavy (non-hydrogen) atoms. The lowest BCUT2D eigenvalue weighted by molar-refractivity contribution is 0.318. The van der Waals surface area contributed by atoms with Crippen molar-refractivity contribution in [2.24, 2.45) is 0 Å². The van der Waals surface area contributed by atoms with Crippen LogP contribution in [0.4, 0.5) is 11.6 Å². The Morgan fingerprint density at radius 1 is 1.19 bits per heavy atom. The van der Waals surface area contributed by atoms with Crippen LogP contribution in [-0.2, 0) is 6.54 Å². The van der Waals surface area contributed by atoms with E-state index >= 15 is 0 Å². The van der Waals surface area contributed by atoms with Gasteiger partial charge in [0.1, 0.15) is 5.65 Å². The Bertz CT molecular complexity index is 1090. The lowest BCUT2D eigenvalue weighted by atomic mass is 10.2. The fourth-order valence-electron chi connectivity index (χ4n) is 3.05. The second kappa shape index (κ2) is 6.36. The van der Waals surface area contributed by atoms with Crippen molar-refractivity contribution in [3.63, 3.8) is 0 Å². The molecule has 0 saturated carbocycles. The van der Waals surface area contributed by atoms with Crippen molar-refractivity contribution in [1.29, 1.82) is 0 Å². The highest BCUT2D eigenvalue weighted by Gasteiger charge is 2.20. The van der Waals surface area contributed by atoms with Crippen LogP contribution in [0.2, 0.25) is 0 Å². The molecule has 5 heterocycles. The van der Waals surface area contributed by atoms with E-state index in [-0.39, 0.29) is 0 Å². The largest absolute Gasteiger partial charge is 0.381 e. The normalized spacial score (nSPS) is 14.4. The van der Waals surface area contributed by atoms with Gasteiger partial charge in [0.2, 0.25) is 0 Å². The van der Waals surface area contributed by atoms with Crippen molar-refractivity contribution in [2.45, 2.75) is 12.6 Å². The van der Waals surface area contributed by atoms with Crippen LogP contribution in [0.15, 0.2) is 49.3 Å². The molecule has 4 N–H and O–H groups in total. The molecule has 1 fully saturated rings. The summed E-state index contributed by atoms with van der Waals surface area (Å²) in [6.45, 7) is 2.48. The van der Waals surface area contributed by atoms with E-state index in [0.717, 1.165) is 35.6 Å². The third kappa shape index (κ3) is 2.97. The zero-order chi connectivity index (χ0) is 18.2. The van der Waals surface area contributed by atoms with E-state index in [9.17, 15) is 0 Å². The standard InChI is InChI=1S/C18H19N9/c19-17-18(23-5-12-1-2-16-21-3-4-26(16)10-12)25-15(9-22-17)13-6-24-27(11-13)14-7-20-8-14/h1-4,6,9-11,14,20H,5,7-8H2,(H2,19,22)(H,23,25). The van der Waals surface area contributed by atoms with Crippen LogP contribution in [0.1, 0.15) is 11.6 Å². The maximum atomic E-state index is 6.01. The topological polar surface area (TPSA) is 111 Å². The number of anilines is 2. The van der Waals surface area contributed by atoms with Gasteiger partial charge in [-0.25, -0.2) is 15.0 Å². The fourth-order valence-corrected chi connectivity index (χ4v) is 3.05. The minimum absolute atomic E-state index is 0.373. The first kappa shape index (κ1) is 15.8. The number of aromatic nitrogens is 6. The van der Waals surface area contributed by atoms with Gasteiger partial charge < -0.3 is 20.8 Å². The number of hydrogen-bond acceptors (Lipinski definition) is 7. The van der Waals surface area contributed by atoms with Crippen LogP contribution < -0.4 is 16.4 Å². The summed E-state index contributed by atoms with van der Waals surface area (Å²) in [5, 5.41) is 11.0. The van der Waals surface area contributed by atoms with E-state index in [1.165, 1.54) is 0 Å². The van der Waals surface area contributed by atoms with Crippen molar-refractivity contribution >= 4 is 17.3 Å². The van der Waals surface area contributed by atoms with E-state index < -0.39 is 0 Å². The number of rotatable bonds is 5. The van der Waals surface area contributed by atoms with Crippen molar-refractivity contribution in [1.82, 2.24) is 34.4 Å². The molecule has 0 bridgehead atoms. The molecule has 9 nitrogen and oxygen atoms in total. The zero-order valence-electron chi connectivity index (χ0n) is 14.6. The average molecular weight is 361 g/mol. The Morgan fingerprint density at radius 2 is 2.11 bits per heavy atom. The van der Waals surface area contributed by atoms with Gasteiger partial charge in [0.15, 0.2) is 11.6 Å². The third-order valence-corrected chi connectivity index (χ3v) is 4.74. The number of nitrogens with one attached hydrogen (secondary N) is 2. The highest BCUT2D eigenvalue weighted by molar-refractivity contribution is 5.64. The van der Waals surface area contributed by atoms with Crippen molar-refractivity contribution in [3.05, 3.63) is 54.9 Å². The SMILES string of the molecule is Nc1ncc(-c2cnn(C3CNC3)c2)nc1NCc1ccc2nccn2c1. The second-order valence-electron chi connectivity index (χ2n) is 6.59. The van der Waals surface area contributed by atoms with E-state index in [1.807, 2.05) is 46.0 Å². The molecular weight excluding hydrogens is 342 g/mol. The van der Waals surface area contributed by atoms with E-state index in [4.69, 9.17) is 5.73 Å². The van der Waals surface area contributed by atoms with Crippen LogP contribution in [0, 0.1) is 0 Å². The number of hydrogen-bond donors (Lipinski definition) is 3. The molecular formula is C18H19N9. The number of nitrogen functional groups attached to an aromatic ring is 1. The molecule has 0 atom stereocenters. The van der Waals surface area contributed by atoms with E-state index in [0.29, 0.717) is 24.2 Å². The highest BCUT2D eigenvalue weighted by atomic mass is 15.3. The summed E-state index contributed by atoms with van der Waals surface area (Å²) >= 11 is 0. The van der Waals surface area contributed by atoms with Crippen LogP contribution in [0.3, 0.4) is 0 Å². The predicted molar refractivity (Wildman–Crippen MR) is 102 cm³/mol. The van der Waals surface area contributed by atoms with Gasteiger partial charge in [-0.15, -0.1) is 0 Å². The number of imidazole rings is 1. The summed E-state index contributed by atoms with van der Waals surface area (Å²) in [4.78, 5) is 13.2. The molecule has 0 aliphatic carbocycles. The van der Waals surface area contributed by atoms with Gasteiger partial charge in [-0.2, -0.15) is 5.10 Å². The summed E-state index contributed by atoms with van der Waals surface area (Å²) in [5.41, 5.74) is 9.69. The van der Waals surface area contributed by atoms with Crippen molar-refractivity contribution < 1.29 is 0 Å². The molecule has 0 spiro atoms. The van der Waals surface area contributed by atoms with Crippen molar-refractivity contribution in [3.8, 4) is 11.3 Å². The summed E-state index contributed by atoms with van der Waals surface area (Å²) in [5.74, 6) is 0.939. The first-order chi connectivity index (χ1) is 13.3. The minimum Gasteiger partial charge on any atom is -0.381 e. The maximum Gasteiger partial charge on any atom is 0.169 e. The maximum absolute atomic E-state index is 6.01. The molecule has 136 valence electrons. The monoisotopic (exact) mass is 361 g/mol. The summed E-state index contributed by atoms with van der Waals surface area (Å²) < 4.78 is 3.95. The van der Waals surface area contributed by atoms with E-state index in [2.05, 4.69) is 30.7 Å². The number of nitrogens with zero attached hydrogens (tertiary/aromatic N) is 6. The Morgan fingerprint density at radius 3 is 2.96 bits per heavy atom. The average Bonchev–Trinajstić information content (AvgIpc) is 3.28. The Balaban J connectivity index is 1.35. The third-order valence-electron chi connectivity index (χ3n) is 4.74. The number of pyridine rings is 1. The quantitative estimate of drug-likeness (QED) is 0.492. The first-order valence-corrected chi connectivity index (χ1v) is 8.79. The molecule has 4 aromatic heterocycles. The predicted octanol–water partition coefficient (Wildman–Crippen LogP) is 1.33. The fraction of sp³-hybridized carbons (Fsp3) is 0.222. The summed E-state index contributed by atoms with van der Waals surface area (Å²) in [6.07, 6.45) is 11.2. The number of fused-ring (bicyclic) bond motifs is 1. The molecule has 4 aromatic rings. The summed E-state index contributed by atoms with van der Waals surface area (Å²) in [6, 6.07) is 4.42. The van der Waals surface area contributed by atoms with Crippen LogP contribution in [-0.4, -0.2) is 42.2 Å². The van der Waals surface area contributed by atoms with Gasteiger partial charge in [-0.1, -0.05) is 6.07 Å². The van der Waals surface area contributed by atoms with Gasteiger partial charge in [-0.05, 0) is 11.6 Å². The van der Waals surface area contributed by atoms with Crippen LogP contribution >= 0.6 is 0 Å². The zero-order valence-corrected chi connectivity index (χ0v) is 14.6. The van der Waals surface area contributed by atoms with Gasteiger partial charge in [0.25, 0.3) is 0 Å².